The maximum absolute atomic E-state index is 13.6. The Morgan fingerprint density at radius 3 is 2.61 bits per heavy atom. The molecule has 168 valence electrons. The largest absolute Gasteiger partial charge is 0.449 e. The topological polar surface area (TPSA) is 58.6 Å². The van der Waals surface area contributed by atoms with E-state index in [4.69, 9.17) is 4.74 Å². The molecule has 1 aliphatic heterocycles. The molecule has 0 fully saturated rings. The van der Waals surface area contributed by atoms with Crippen molar-refractivity contribution in [1.29, 1.82) is 0 Å². The first-order chi connectivity index (χ1) is 16.0. The number of nitrogens with one attached hydrogen (secondary N) is 1. The Balaban J connectivity index is 1.47. The second-order valence-corrected chi connectivity index (χ2v) is 8.02. The smallest absolute Gasteiger partial charge is 0.294 e. The van der Waals surface area contributed by atoms with E-state index in [0.29, 0.717) is 17.0 Å². The fourth-order valence-electron chi connectivity index (χ4n) is 3.73. The third-order valence-corrected chi connectivity index (χ3v) is 5.40. The highest BCUT2D eigenvalue weighted by Gasteiger charge is 2.31. The van der Waals surface area contributed by atoms with Crippen LogP contribution in [0.3, 0.4) is 0 Å². The molecule has 1 unspecified atom stereocenters. The average molecular weight is 445 g/mol. The van der Waals surface area contributed by atoms with Crippen LogP contribution in [0.15, 0.2) is 84.6 Å². The Hall–Kier alpha value is -3.93. The minimum atomic E-state index is -0.454. The number of hydrogen-bond donors (Lipinski definition) is 1. The fourth-order valence-corrected chi connectivity index (χ4v) is 3.73. The maximum Gasteiger partial charge on any atom is 0.294 e. The lowest BCUT2D eigenvalue weighted by molar-refractivity contribution is -0.123. The highest BCUT2D eigenvalue weighted by atomic mass is 19.1. The van der Waals surface area contributed by atoms with E-state index < -0.39 is 11.7 Å². The van der Waals surface area contributed by atoms with E-state index in [2.05, 4.69) is 17.4 Å². The molecule has 1 atom stereocenters. The van der Waals surface area contributed by atoms with Crippen LogP contribution in [-0.4, -0.2) is 24.4 Å². The molecule has 33 heavy (non-hydrogen) atoms. The fraction of sp³-hybridized carbons (Fsp3) is 0.185. The van der Waals surface area contributed by atoms with Crippen LogP contribution >= 0.6 is 0 Å². The highest BCUT2D eigenvalue weighted by Crippen LogP contribution is 2.35. The summed E-state index contributed by atoms with van der Waals surface area (Å²) in [5.74, 6) is -0.626. The van der Waals surface area contributed by atoms with Crippen LogP contribution in [0, 0.1) is 5.82 Å². The quantitative estimate of drug-likeness (QED) is 0.536. The van der Waals surface area contributed by atoms with E-state index in [-0.39, 0.29) is 24.3 Å². The van der Waals surface area contributed by atoms with Crippen LogP contribution in [0.5, 0.6) is 5.75 Å². The molecule has 0 saturated carbocycles. The predicted molar refractivity (Wildman–Crippen MR) is 126 cm³/mol. The van der Waals surface area contributed by atoms with Crippen LogP contribution in [0.4, 0.5) is 10.1 Å². The minimum absolute atomic E-state index is 0.0317. The summed E-state index contributed by atoms with van der Waals surface area (Å²) >= 11 is 0. The standard InChI is InChI=1S/C27H25FN2O3/c1-19(14-15-20-8-3-2-4-9-20)29-26(31)18-30-23-12-5-6-13-24(23)33-25(27(30)32)17-21-10-7-11-22(28)16-21/h2-13,16-17,19H,14-15,18H2,1H3,(H,29,31). The van der Waals surface area contributed by atoms with E-state index in [9.17, 15) is 14.0 Å². The summed E-state index contributed by atoms with van der Waals surface area (Å²) in [5, 5.41) is 2.98. The number of para-hydroxylation sites is 2. The number of hydrogen-bond acceptors (Lipinski definition) is 3. The zero-order chi connectivity index (χ0) is 23.2. The number of carbonyl (C=O) groups excluding carboxylic acids is 2. The van der Waals surface area contributed by atoms with Crippen molar-refractivity contribution in [3.05, 3.63) is 102 Å². The SMILES string of the molecule is CC(CCc1ccccc1)NC(=O)CN1C(=O)C(=Cc2cccc(F)c2)Oc2ccccc21. The molecule has 0 aromatic heterocycles. The molecule has 1 N–H and O–H groups in total. The summed E-state index contributed by atoms with van der Waals surface area (Å²) in [4.78, 5) is 27.3. The Bertz CT molecular complexity index is 1180. The van der Waals surface area contributed by atoms with Crippen molar-refractivity contribution >= 4 is 23.6 Å². The summed E-state index contributed by atoms with van der Waals surface area (Å²) in [5.41, 5.74) is 2.23. The molecule has 0 radical (unpaired) electrons. The van der Waals surface area contributed by atoms with Crippen molar-refractivity contribution in [2.24, 2.45) is 0 Å². The Morgan fingerprint density at radius 1 is 1.06 bits per heavy atom. The van der Waals surface area contributed by atoms with Gasteiger partial charge in [-0.05, 0) is 61.2 Å². The number of rotatable bonds is 7. The van der Waals surface area contributed by atoms with Gasteiger partial charge in [-0.1, -0.05) is 54.6 Å². The van der Waals surface area contributed by atoms with Crippen molar-refractivity contribution in [1.82, 2.24) is 5.32 Å². The van der Waals surface area contributed by atoms with Gasteiger partial charge in [0, 0.05) is 6.04 Å². The van der Waals surface area contributed by atoms with Crippen LogP contribution in [-0.2, 0) is 16.0 Å². The van der Waals surface area contributed by atoms with Gasteiger partial charge < -0.3 is 10.1 Å². The van der Waals surface area contributed by atoms with Crippen molar-refractivity contribution < 1.29 is 18.7 Å². The molecule has 3 aromatic carbocycles. The van der Waals surface area contributed by atoms with Gasteiger partial charge >= 0.3 is 0 Å². The molecule has 0 aliphatic carbocycles. The van der Waals surface area contributed by atoms with Gasteiger partial charge in [-0.3, -0.25) is 14.5 Å². The molecule has 3 aromatic rings. The summed E-state index contributed by atoms with van der Waals surface area (Å²) in [7, 11) is 0. The molecule has 5 nitrogen and oxygen atoms in total. The summed E-state index contributed by atoms with van der Waals surface area (Å²) < 4.78 is 19.4. The number of carbonyl (C=O) groups is 2. The van der Waals surface area contributed by atoms with Gasteiger partial charge in [-0.25, -0.2) is 4.39 Å². The third kappa shape index (κ3) is 5.66. The first kappa shape index (κ1) is 22.3. The Morgan fingerprint density at radius 2 is 1.82 bits per heavy atom. The molecular weight excluding hydrogens is 419 g/mol. The van der Waals surface area contributed by atoms with E-state index in [1.165, 1.54) is 28.7 Å². The van der Waals surface area contributed by atoms with Crippen LogP contribution in [0.1, 0.15) is 24.5 Å². The molecule has 0 bridgehead atoms. The van der Waals surface area contributed by atoms with E-state index in [1.807, 2.05) is 25.1 Å². The van der Waals surface area contributed by atoms with Gasteiger partial charge in [0.1, 0.15) is 12.4 Å². The Labute approximate surface area is 192 Å². The molecular formula is C27H25FN2O3. The number of benzene rings is 3. The zero-order valence-electron chi connectivity index (χ0n) is 18.3. The lowest BCUT2D eigenvalue weighted by atomic mass is 10.1. The predicted octanol–water partition coefficient (Wildman–Crippen LogP) is 4.73. The van der Waals surface area contributed by atoms with Gasteiger partial charge in [-0.15, -0.1) is 0 Å². The average Bonchev–Trinajstić information content (AvgIpc) is 2.81. The lowest BCUT2D eigenvalue weighted by Gasteiger charge is -2.30. The van der Waals surface area contributed by atoms with Crippen molar-refractivity contribution in [2.75, 3.05) is 11.4 Å². The number of amides is 2. The summed E-state index contributed by atoms with van der Waals surface area (Å²) in [6, 6.07) is 23.0. The van der Waals surface area contributed by atoms with Crippen LogP contribution in [0.25, 0.3) is 6.08 Å². The number of fused-ring (bicyclic) bond motifs is 1. The molecule has 1 heterocycles. The molecule has 1 aliphatic rings. The molecule has 4 rings (SSSR count). The number of aryl methyl sites for hydroxylation is 1. The first-order valence-electron chi connectivity index (χ1n) is 10.9. The first-order valence-corrected chi connectivity index (χ1v) is 10.9. The van der Waals surface area contributed by atoms with Gasteiger partial charge in [0.05, 0.1) is 5.69 Å². The van der Waals surface area contributed by atoms with E-state index >= 15 is 0 Å². The second-order valence-electron chi connectivity index (χ2n) is 8.02. The van der Waals surface area contributed by atoms with Crippen molar-refractivity contribution in [3.8, 4) is 5.75 Å². The molecule has 0 saturated heterocycles. The molecule has 2 amide bonds. The van der Waals surface area contributed by atoms with Crippen molar-refractivity contribution in [3.63, 3.8) is 0 Å². The van der Waals surface area contributed by atoms with Gasteiger partial charge in [0.25, 0.3) is 5.91 Å². The molecule has 6 heteroatoms. The number of nitrogens with zero attached hydrogens (tertiary/aromatic N) is 1. The summed E-state index contributed by atoms with van der Waals surface area (Å²) in [6.45, 7) is 1.81. The monoisotopic (exact) mass is 444 g/mol. The van der Waals surface area contributed by atoms with Crippen LogP contribution < -0.4 is 15.0 Å². The van der Waals surface area contributed by atoms with Gasteiger partial charge in [-0.2, -0.15) is 0 Å². The van der Waals surface area contributed by atoms with Crippen LogP contribution in [0.2, 0.25) is 0 Å². The lowest BCUT2D eigenvalue weighted by Crippen LogP contribution is -2.46. The van der Waals surface area contributed by atoms with Crippen molar-refractivity contribution in [2.45, 2.75) is 25.8 Å². The Kier molecular flexibility index (Phi) is 6.83. The van der Waals surface area contributed by atoms with Gasteiger partial charge in [0.15, 0.2) is 11.5 Å². The maximum atomic E-state index is 13.6. The minimum Gasteiger partial charge on any atom is -0.449 e. The normalized spacial score (nSPS) is 15.0. The summed E-state index contributed by atoms with van der Waals surface area (Å²) in [6.07, 6.45) is 3.12. The number of anilines is 1. The highest BCUT2D eigenvalue weighted by molar-refractivity contribution is 6.12. The molecule has 0 spiro atoms. The number of ether oxygens (including phenoxy) is 1. The third-order valence-electron chi connectivity index (χ3n) is 5.40. The number of halogens is 1. The van der Waals surface area contributed by atoms with E-state index in [1.54, 1.807) is 36.4 Å². The van der Waals surface area contributed by atoms with E-state index in [0.717, 1.165) is 12.8 Å². The zero-order valence-corrected chi connectivity index (χ0v) is 18.3. The second kappa shape index (κ2) is 10.1. The van der Waals surface area contributed by atoms with Gasteiger partial charge in [0.2, 0.25) is 5.91 Å².